The van der Waals surface area contributed by atoms with Crippen molar-refractivity contribution in [1.29, 1.82) is 0 Å². The van der Waals surface area contributed by atoms with E-state index in [-0.39, 0.29) is 0 Å². The lowest BCUT2D eigenvalue weighted by Crippen LogP contribution is -2.00. The Bertz CT molecular complexity index is 1450. The third-order valence-corrected chi connectivity index (χ3v) is 5.04. The molecule has 0 saturated carbocycles. The van der Waals surface area contributed by atoms with Gasteiger partial charge in [0.2, 0.25) is 0 Å². The Hall–Kier alpha value is -4.38. The van der Waals surface area contributed by atoms with E-state index < -0.39 is 0 Å². The SMILES string of the molecule is COc1cc(-c2cnn(C)c2)cn2ncc(C#Cc3cnn(-c4ccccn4)c3C)c12. The summed E-state index contributed by atoms with van der Waals surface area (Å²) in [5.41, 5.74) is 5.30. The van der Waals surface area contributed by atoms with E-state index in [1.54, 1.807) is 39.6 Å². The van der Waals surface area contributed by atoms with Gasteiger partial charge < -0.3 is 4.74 Å². The van der Waals surface area contributed by atoms with Gasteiger partial charge in [0.1, 0.15) is 11.3 Å². The fraction of sp³-hybridized carbons (Fsp3) is 0.130. The first-order chi connectivity index (χ1) is 15.1. The summed E-state index contributed by atoms with van der Waals surface area (Å²) in [5.74, 6) is 7.90. The molecule has 5 aromatic heterocycles. The number of aryl methyl sites for hydroxylation is 1. The van der Waals surface area contributed by atoms with Gasteiger partial charge in [-0.15, -0.1) is 0 Å². The molecule has 0 aromatic carbocycles. The van der Waals surface area contributed by atoms with Crippen LogP contribution >= 0.6 is 0 Å². The predicted octanol–water partition coefficient (Wildman–Crippen LogP) is 3.03. The Labute approximate surface area is 178 Å². The lowest BCUT2D eigenvalue weighted by atomic mass is 10.1. The molecule has 0 aliphatic heterocycles. The third-order valence-electron chi connectivity index (χ3n) is 5.04. The number of rotatable bonds is 3. The van der Waals surface area contributed by atoms with Crippen molar-refractivity contribution in [2.24, 2.45) is 7.05 Å². The van der Waals surface area contributed by atoms with Crippen LogP contribution in [0, 0.1) is 18.8 Å². The molecule has 0 N–H and O–H groups in total. The van der Waals surface area contributed by atoms with E-state index >= 15 is 0 Å². The molecule has 0 amide bonds. The summed E-state index contributed by atoms with van der Waals surface area (Å²) in [7, 11) is 3.53. The Balaban J connectivity index is 1.54. The summed E-state index contributed by atoms with van der Waals surface area (Å²) in [6, 6.07) is 7.69. The van der Waals surface area contributed by atoms with Gasteiger partial charge in [0, 0.05) is 36.8 Å². The Kier molecular flexibility index (Phi) is 4.49. The largest absolute Gasteiger partial charge is 0.494 e. The van der Waals surface area contributed by atoms with Crippen LogP contribution in [-0.4, -0.2) is 41.3 Å². The van der Waals surface area contributed by atoms with Crippen molar-refractivity contribution >= 4 is 5.52 Å². The Morgan fingerprint density at radius 2 is 1.77 bits per heavy atom. The fourth-order valence-electron chi connectivity index (χ4n) is 3.44. The summed E-state index contributed by atoms with van der Waals surface area (Å²) >= 11 is 0. The number of pyridine rings is 2. The highest BCUT2D eigenvalue weighted by atomic mass is 16.5. The molecule has 5 aromatic rings. The molecule has 0 aliphatic rings. The van der Waals surface area contributed by atoms with Gasteiger partial charge in [-0.2, -0.15) is 15.3 Å². The van der Waals surface area contributed by atoms with Gasteiger partial charge in [0.25, 0.3) is 0 Å². The monoisotopic (exact) mass is 409 g/mol. The van der Waals surface area contributed by atoms with Crippen molar-refractivity contribution in [2.75, 3.05) is 7.11 Å². The van der Waals surface area contributed by atoms with E-state index in [0.29, 0.717) is 5.75 Å². The zero-order valence-corrected chi connectivity index (χ0v) is 17.3. The number of fused-ring (bicyclic) bond motifs is 1. The zero-order chi connectivity index (χ0) is 21.4. The summed E-state index contributed by atoms with van der Waals surface area (Å²) < 4.78 is 11.0. The number of hydrogen-bond acceptors (Lipinski definition) is 5. The topological polar surface area (TPSA) is 75.1 Å². The number of ether oxygens (including phenoxy) is 1. The van der Waals surface area contributed by atoms with Gasteiger partial charge in [-0.25, -0.2) is 14.2 Å². The minimum atomic E-state index is 0.698. The molecular weight excluding hydrogens is 390 g/mol. The zero-order valence-electron chi connectivity index (χ0n) is 17.3. The maximum absolute atomic E-state index is 5.65. The van der Waals surface area contributed by atoms with Crippen LogP contribution in [-0.2, 0) is 7.05 Å². The highest BCUT2D eigenvalue weighted by molar-refractivity contribution is 5.75. The first kappa shape index (κ1) is 18.6. The molecule has 0 fully saturated rings. The van der Waals surface area contributed by atoms with Gasteiger partial charge in [-0.05, 0) is 25.1 Å². The highest BCUT2D eigenvalue weighted by Crippen LogP contribution is 2.29. The van der Waals surface area contributed by atoms with Crippen LogP contribution in [0.15, 0.2) is 61.4 Å². The van der Waals surface area contributed by atoms with Crippen LogP contribution in [0.3, 0.4) is 0 Å². The molecule has 31 heavy (non-hydrogen) atoms. The molecule has 5 heterocycles. The minimum Gasteiger partial charge on any atom is -0.494 e. The molecule has 8 heteroatoms. The lowest BCUT2D eigenvalue weighted by molar-refractivity contribution is 0.417. The molecule has 0 saturated heterocycles. The van der Waals surface area contributed by atoms with Gasteiger partial charge in [-0.3, -0.25) is 4.68 Å². The number of hydrogen-bond donors (Lipinski definition) is 0. The second-order valence-corrected chi connectivity index (χ2v) is 7.04. The van der Waals surface area contributed by atoms with Crippen molar-refractivity contribution in [1.82, 2.24) is 34.2 Å². The maximum atomic E-state index is 5.65. The molecule has 0 unspecified atom stereocenters. The maximum Gasteiger partial charge on any atom is 0.153 e. The van der Waals surface area contributed by atoms with E-state index in [1.807, 2.05) is 56.8 Å². The van der Waals surface area contributed by atoms with Gasteiger partial charge in [0.05, 0.1) is 42.5 Å². The van der Waals surface area contributed by atoms with Crippen molar-refractivity contribution in [2.45, 2.75) is 6.92 Å². The second kappa shape index (κ2) is 7.46. The fourth-order valence-corrected chi connectivity index (χ4v) is 3.44. The molecule has 5 rings (SSSR count). The van der Waals surface area contributed by atoms with Crippen LogP contribution in [0.25, 0.3) is 22.5 Å². The highest BCUT2D eigenvalue weighted by Gasteiger charge is 2.13. The average Bonchev–Trinajstić information content (AvgIpc) is 3.51. The lowest BCUT2D eigenvalue weighted by Gasteiger charge is -2.06. The predicted molar refractivity (Wildman–Crippen MR) is 116 cm³/mol. The van der Waals surface area contributed by atoms with Gasteiger partial charge in [-0.1, -0.05) is 17.9 Å². The van der Waals surface area contributed by atoms with Crippen molar-refractivity contribution in [3.8, 4) is 34.5 Å². The first-order valence-electron chi connectivity index (χ1n) is 9.66. The minimum absolute atomic E-state index is 0.698. The molecule has 152 valence electrons. The number of aromatic nitrogens is 7. The summed E-state index contributed by atoms with van der Waals surface area (Å²) in [6.45, 7) is 1.97. The van der Waals surface area contributed by atoms with Crippen LogP contribution in [0.4, 0.5) is 0 Å². The van der Waals surface area contributed by atoms with E-state index in [1.165, 1.54) is 0 Å². The summed E-state index contributed by atoms with van der Waals surface area (Å²) in [4.78, 5) is 4.35. The van der Waals surface area contributed by atoms with Crippen molar-refractivity contribution in [3.05, 3.63) is 78.3 Å². The average molecular weight is 409 g/mol. The van der Waals surface area contributed by atoms with Crippen LogP contribution in [0.1, 0.15) is 16.8 Å². The molecule has 8 nitrogen and oxygen atoms in total. The standard InChI is InChI=1S/C23H19N7O/c1-16-17(11-27-30(16)22-6-4-5-9-24-22)7-8-18-12-26-29-15-19(10-21(31-3)23(18)29)20-13-25-28(2)14-20/h4-6,9-15H,1-3H3. The quantitative estimate of drug-likeness (QED) is 0.428. The van der Waals surface area contributed by atoms with Gasteiger partial charge in [0.15, 0.2) is 5.82 Å². The van der Waals surface area contributed by atoms with E-state index in [4.69, 9.17) is 4.74 Å². The van der Waals surface area contributed by atoms with E-state index in [0.717, 1.165) is 39.3 Å². The normalized spacial score (nSPS) is 10.8. The second-order valence-electron chi connectivity index (χ2n) is 7.04. The Morgan fingerprint density at radius 1 is 0.935 bits per heavy atom. The molecule has 0 radical (unpaired) electrons. The third kappa shape index (κ3) is 3.32. The molecule has 0 bridgehead atoms. The van der Waals surface area contributed by atoms with Crippen LogP contribution in [0.2, 0.25) is 0 Å². The molecular formula is C23H19N7O. The van der Waals surface area contributed by atoms with Crippen molar-refractivity contribution in [3.63, 3.8) is 0 Å². The number of methoxy groups -OCH3 is 1. The van der Waals surface area contributed by atoms with Crippen molar-refractivity contribution < 1.29 is 4.74 Å². The van der Waals surface area contributed by atoms with Crippen LogP contribution in [0.5, 0.6) is 5.75 Å². The summed E-state index contributed by atoms with van der Waals surface area (Å²) in [5, 5.41) is 13.2. The molecule has 0 spiro atoms. The number of nitrogens with zero attached hydrogens (tertiary/aromatic N) is 7. The van der Waals surface area contributed by atoms with Gasteiger partial charge >= 0.3 is 0 Å². The Morgan fingerprint density at radius 3 is 2.52 bits per heavy atom. The van der Waals surface area contributed by atoms with E-state index in [9.17, 15) is 0 Å². The summed E-state index contributed by atoms with van der Waals surface area (Å²) in [6.07, 6.45) is 11.0. The van der Waals surface area contributed by atoms with E-state index in [2.05, 4.69) is 32.1 Å². The molecule has 0 aliphatic carbocycles. The molecule has 0 atom stereocenters. The van der Waals surface area contributed by atoms with Crippen LogP contribution < -0.4 is 4.74 Å². The smallest absolute Gasteiger partial charge is 0.153 e. The first-order valence-corrected chi connectivity index (χ1v) is 9.66.